The summed E-state index contributed by atoms with van der Waals surface area (Å²) in [7, 11) is 0. The Labute approximate surface area is 69.7 Å². The maximum atomic E-state index is 11.0. The van der Waals surface area contributed by atoms with Crippen LogP contribution in [0.5, 0.6) is 0 Å². The molecule has 0 aromatic heterocycles. The Hall–Kier alpha value is 0.500. The number of hydrogen-bond donors (Lipinski definition) is 1. The molecule has 0 saturated carbocycles. The molecule has 0 saturated heterocycles. The van der Waals surface area contributed by atoms with E-state index in [1.165, 1.54) is 0 Å². The summed E-state index contributed by atoms with van der Waals surface area (Å²) in [5.41, 5.74) is -0.271. The van der Waals surface area contributed by atoms with Crippen LogP contribution in [0.25, 0.3) is 0 Å². The van der Waals surface area contributed by atoms with Gasteiger partial charge in [-0.2, -0.15) is 12.6 Å². The number of alkyl halides is 1. The van der Waals surface area contributed by atoms with Gasteiger partial charge in [0.25, 0.3) is 0 Å². The van der Waals surface area contributed by atoms with Crippen molar-refractivity contribution < 1.29 is 4.79 Å². The Kier molecular flexibility index (Phi) is 3.82. The van der Waals surface area contributed by atoms with Gasteiger partial charge in [0.2, 0.25) is 0 Å². The van der Waals surface area contributed by atoms with Gasteiger partial charge in [-0.15, -0.1) is 0 Å². The van der Waals surface area contributed by atoms with Gasteiger partial charge in [0.1, 0.15) is 5.78 Å². The molecule has 0 radical (unpaired) electrons. The second-order valence-electron chi connectivity index (χ2n) is 2.60. The third-order valence-electron chi connectivity index (χ3n) is 1.27. The summed E-state index contributed by atoms with van der Waals surface area (Å²) in [6.45, 7) is 3.78. The van der Waals surface area contributed by atoms with Gasteiger partial charge >= 0.3 is 0 Å². The molecular formula is C6H11BrOS. The average molecular weight is 211 g/mol. The first-order valence-electron chi connectivity index (χ1n) is 2.74. The summed E-state index contributed by atoms with van der Waals surface area (Å²) in [6.07, 6.45) is 0. The predicted molar refractivity (Wildman–Crippen MR) is 46.4 cm³/mol. The van der Waals surface area contributed by atoms with Crippen molar-refractivity contribution >= 4 is 34.3 Å². The highest BCUT2D eigenvalue weighted by atomic mass is 79.9. The van der Waals surface area contributed by atoms with Crippen molar-refractivity contribution in [2.45, 2.75) is 13.8 Å². The summed E-state index contributed by atoms with van der Waals surface area (Å²) in [5.74, 6) is 0.815. The number of rotatable bonds is 3. The standard InChI is InChI=1S/C6H11BrOS/c1-6(2,4-9)5(8)3-7/h9H,3-4H2,1-2H3. The van der Waals surface area contributed by atoms with E-state index in [-0.39, 0.29) is 11.2 Å². The van der Waals surface area contributed by atoms with Crippen molar-refractivity contribution in [2.24, 2.45) is 5.41 Å². The molecule has 0 aromatic carbocycles. The number of hydrogen-bond acceptors (Lipinski definition) is 2. The van der Waals surface area contributed by atoms with Crippen molar-refractivity contribution in [3.05, 3.63) is 0 Å². The van der Waals surface area contributed by atoms with Gasteiger partial charge in [-0.25, -0.2) is 0 Å². The van der Waals surface area contributed by atoms with Crippen LogP contribution < -0.4 is 0 Å². The van der Waals surface area contributed by atoms with E-state index in [1.54, 1.807) is 0 Å². The quantitative estimate of drug-likeness (QED) is 0.557. The fourth-order valence-electron chi connectivity index (χ4n) is 0.269. The Balaban J connectivity index is 3.97. The lowest BCUT2D eigenvalue weighted by atomic mass is 9.92. The van der Waals surface area contributed by atoms with E-state index >= 15 is 0 Å². The van der Waals surface area contributed by atoms with Gasteiger partial charge in [0.05, 0.1) is 5.33 Å². The zero-order valence-corrected chi connectivity index (χ0v) is 8.13. The first-order chi connectivity index (χ1) is 4.04. The molecule has 0 rings (SSSR count). The van der Waals surface area contributed by atoms with Crippen molar-refractivity contribution in [3.63, 3.8) is 0 Å². The second kappa shape index (κ2) is 3.62. The Morgan fingerprint density at radius 1 is 1.67 bits per heavy atom. The lowest BCUT2D eigenvalue weighted by Gasteiger charge is -2.17. The Morgan fingerprint density at radius 3 is 2.22 bits per heavy atom. The van der Waals surface area contributed by atoms with E-state index in [1.807, 2.05) is 13.8 Å². The van der Waals surface area contributed by atoms with Gasteiger partial charge in [0, 0.05) is 11.2 Å². The largest absolute Gasteiger partial charge is 0.298 e. The minimum atomic E-state index is -0.271. The molecule has 9 heavy (non-hydrogen) atoms. The number of carbonyl (C=O) groups is 1. The number of halogens is 1. The summed E-state index contributed by atoms with van der Waals surface area (Å²) in [5, 5.41) is 0.431. The molecule has 0 spiro atoms. The summed E-state index contributed by atoms with van der Waals surface area (Å²) >= 11 is 7.16. The molecule has 0 aliphatic heterocycles. The monoisotopic (exact) mass is 210 g/mol. The van der Waals surface area contributed by atoms with E-state index in [9.17, 15) is 4.79 Å². The molecule has 0 fully saturated rings. The molecule has 3 heteroatoms. The zero-order valence-electron chi connectivity index (χ0n) is 5.65. The van der Waals surface area contributed by atoms with Crippen molar-refractivity contribution in [1.29, 1.82) is 0 Å². The number of Topliss-reactive ketones (excluding diaryl/α,β-unsaturated/α-hetero) is 1. The van der Waals surface area contributed by atoms with Gasteiger partial charge in [-0.1, -0.05) is 29.8 Å². The van der Waals surface area contributed by atoms with E-state index in [0.717, 1.165) is 0 Å². The molecule has 1 nitrogen and oxygen atoms in total. The molecule has 0 amide bonds. The van der Waals surface area contributed by atoms with E-state index in [4.69, 9.17) is 0 Å². The van der Waals surface area contributed by atoms with Crippen LogP contribution in [-0.2, 0) is 4.79 Å². The first-order valence-corrected chi connectivity index (χ1v) is 4.50. The average Bonchev–Trinajstić information content (AvgIpc) is 1.86. The third kappa shape index (κ3) is 2.72. The topological polar surface area (TPSA) is 17.1 Å². The van der Waals surface area contributed by atoms with Crippen LogP contribution in [0.3, 0.4) is 0 Å². The minimum absolute atomic E-state index is 0.206. The zero-order chi connectivity index (χ0) is 7.49. The molecule has 54 valence electrons. The smallest absolute Gasteiger partial charge is 0.149 e. The van der Waals surface area contributed by atoms with Crippen LogP contribution in [0.15, 0.2) is 0 Å². The lowest BCUT2D eigenvalue weighted by molar-refractivity contribution is -0.123. The Morgan fingerprint density at radius 2 is 2.11 bits per heavy atom. The highest BCUT2D eigenvalue weighted by Gasteiger charge is 2.23. The first kappa shape index (κ1) is 9.50. The van der Waals surface area contributed by atoms with Crippen LogP contribution in [0, 0.1) is 5.41 Å². The van der Waals surface area contributed by atoms with Gasteiger partial charge in [-0.3, -0.25) is 4.79 Å². The van der Waals surface area contributed by atoms with Gasteiger partial charge < -0.3 is 0 Å². The molecule has 0 aliphatic carbocycles. The Bertz CT molecular complexity index is 112. The second-order valence-corrected chi connectivity index (χ2v) is 3.48. The number of ketones is 1. The molecule has 0 aromatic rings. The number of carbonyl (C=O) groups excluding carboxylic acids is 1. The van der Waals surface area contributed by atoms with E-state index in [2.05, 4.69) is 28.6 Å². The molecule has 0 N–H and O–H groups in total. The van der Waals surface area contributed by atoms with E-state index in [0.29, 0.717) is 11.1 Å². The molecule has 0 atom stereocenters. The summed E-state index contributed by atoms with van der Waals surface area (Å²) in [6, 6.07) is 0. The van der Waals surface area contributed by atoms with E-state index < -0.39 is 0 Å². The third-order valence-corrected chi connectivity index (χ3v) is 2.57. The molecule has 0 heterocycles. The summed E-state index contributed by atoms with van der Waals surface area (Å²) < 4.78 is 0. The number of thiol groups is 1. The van der Waals surface area contributed by atoms with Crippen LogP contribution in [0.1, 0.15) is 13.8 Å². The maximum Gasteiger partial charge on any atom is 0.149 e. The summed E-state index contributed by atoms with van der Waals surface area (Å²) in [4.78, 5) is 11.0. The minimum Gasteiger partial charge on any atom is -0.298 e. The van der Waals surface area contributed by atoms with Crippen LogP contribution in [-0.4, -0.2) is 16.9 Å². The van der Waals surface area contributed by atoms with Crippen molar-refractivity contribution in [2.75, 3.05) is 11.1 Å². The molecule has 0 bridgehead atoms. The fraction of sp³-hybridized carbons (Fsp3) is 0.833. The van der Waals surface area contributed by atoms with Crippen LogP contribution in [0.2, 0.25) is 0 Å². The van der Waals surface area contributed by atoms with Crippen LogP contribution >= 0.6 is 28.6 Å². The van der Waals surface area contributed by atoms with Crippen molar-refractivity contribution in [3.8, 4) is 0 Å². The maximum absolute atomic E-state index is 11.0. The van der Waals surface area contributed by atoms with Gasteiger partial charge in [-0.05, 0) is 0 Å². The van der Waals surface area contributed by atoms with Crippen molar-refractivity contribution in [1.82, 2.24) is 0 Å². The normalized spacial score (nSPS) is 11.6. The molecule has 0 unspecified atom stereocenters. The highest BCUT2D eigenvalue weighted by molar-refractivity contribution is 9.09. The predicted octanol–water partition coefficient (Wildman–Crippen LogP) is 1.91. The lowest BCUT2D eigenvalue weighted by Crippen LogP contribution is -2.26. The van der Waals surface area contributed by atoms with Crippen LogP contribution in [0.4, 0.5) is 0 Å². The SMILES string of the molecule is CC(C)(CS)C(=O)CBr. The van der Waals surface area contributed by atoms with Gasteiger partial charge in [0.15, 0.2) is 0 Å². The highest BCUT2D eigenvalue weighted by Crippen LogP contribution is 2.18. The molecular weight excluding hydrogens is 200 g/mol. The fourth-order valence-corrected chi connectivity index (χ4v) is 1.20. The molecule has 0 aliphatic rings.